The van der Waals surface area contributed by atoms with Gasteiger partial charge in [0.05, 0.1) is 17.6 Å². The molecule has 0 atom stereocenters. The summed E-state index contributed by atoms with van der Waals surface area (Å²) >= 11 is 0. The Balaban J connectivity index is 3.02. The van der Waals surface area contributed by atoms with E-state index < -0.39 is 0 Å². The maximum absolute atomic E-state index is 12.2. The van der Waals surface area contributed by atoms with E-state index in [-0.39, 0.29) is 17.9 Å². The lowest BCUT2D eigenvalue weighted by Crippen LogP contribution is -2.42. The van der Waals surface area contributed by atoms with Gasteiger partial charge in [-0.1, -0.05) is 12.1 Å². The monoisotopic (exact) mass is 233 g/mol. The van der Waals surface area contributed by atoms with Gasteiger partial charge < -0.3 is 5.32 Å². The molecule has 5 heteroatoms. The van der Waals surface area contributed by atoms with Crippen molar-refractivity contribution in [3.05, 3.63) is 44.6 Å². The van der Waals surface area contributed by atoms with Crippen molar-refractivity contribution in [2.45, 2.75) is 13.6 Å². The minimum atomic E-state index is -0.303. The largest absolute Gasteiger partial charge is 0.332 e. The second-order valence-electron chi connectivity index (χ2n) is 4.06. The number of hydrogen-bond donors (Lipinski definition) is 1. The molecule has 90 valence electrons. The van der Waals surface area contributed by atoms with Gasteiger partial charge in [-0.2, -0.15) is 0 Å². The van der Waals surface area contributed by atoms with Crippen molar-refractivity contribution >= 4 is 10.9 Å². The molecule has 1 aromatic carbocycles. The smallest absolute Gasteiger partial charge is 0.302 e. The van der Waals surface area contributed by atoms with Gasteiger partial charge in [0, 0.05) is 7.05 Å². The van der Waals surface area contributed by atoms with Gasteiger partial charge in [-0.15, -0.1) is 0 Å². The average Bonchev–Trinajstić information content (AvgIpc) is 2.31. The molecule has 0 saturated carbocycles. The van der Waals surface area contributed by atoms with Crippen LogP contribution in [0.2, 0.25) is 0 Å². The van der Waals surface area contributed by atoms with Crippen LogP contribution in [0.25, 0.3) is 10.9 Å². The molecular formula is C12H15N3O2. The third-order valence-corrected chi connectivity index (χ3v) is 2.91. The fourth-order valence-electron chi connectivity index (χ4n) is 2.01. The molecule has 17 heavy (non-hydrogen) atoms. The van der Waals surface area contributed by atoms with Crippen LogP contribution in [0.5, 0.6) is 0 Å². The molecule has 0 fully saturated rings. The summed E-state index contributed by atoms with van der Waals surface area (Å²) in [7, 11) is 3.38. The summed E-state index contributed by atoms with van der Waals surface area (Å²) in [6.45, 7) is 2.09. The molecule has 0 unspecified atom stereocenters. The van der Waals surface area contributed by atoms with E-state index in [1.54, 1.807) is 20.2 Å². The van der Waals surface area contributed by atoms with E-state index in [0.717, 1.165) is 5.56 Å². The summed E-state index contributed by atoms with van der Waals surface area (Å²) in [5.41, 5.74) is 1.01. The molecule has 0 bridgehead atoms. The highest BCUT2D eigenvalue weighted by Crippen LogP contribution is 2.11. The number of rotatable bonds is 2. The molecule has 5 nitrogen and oxygen atoms in total. The van der Waals surface area contributed by atoms with Crippen molar-refractivity contribution in [3.63, 3.8) is 0 Å². The quantitative estimate of drug-likeness (QED) is 0.805. The van der Waals surface area contributed by atoms with Crippen molar-refractivity contribution in [2.75, 3.05) is 7.05 Å². The first kappa shape index (κ1) is 11.6. The Hall–Kier alpha value is -1.88. The van der Waals surface area contributed by atoms with Crippen molar-refractivity contribution in [3.8, 4) is 0 Å². The Morgan fingerprint density at radius 1 is 1.29 bits per heavy atom. The highest BCUT2D eigenvalue weighted by molar-refractivity contribution is 5.81. The van der Waals surface area contributed by atoms with E-state index in [1.807, 2.05) is 19.1 Å². The standard InChI is InChI=1S/C12H15N3O2/c1-8-5-4-6-9-10(8)11(16)15(7-13-2)12(17)14(9)3/h4-6,13H,7H2,1-3H3. The van der Waals surface area contributed by atoms with Gasteiger partial charge >= 0.3 is 5.69 Å². The minimum Gasteiger partial charge on any atom is -0.302 e. The van der Waals surface area contributed by atoms with E-state index in [4.69, 9.17) is 0 Å². The number of fused-ring (bicyclic) bond motifs is 1. The fourth-order valence-corrected chi connectivity index (χ4v) is 2.01. The summed E-state index contributed by atoms with van der Waals surface area (Å²) in [5, 5.41) is 3.43. The molecule has 0 aliphatic carbocycles. The van der Waals surface area contributed by atoms with Crippen LogP contribution >= 0.6 is 0 Å². The van der Waals surface area contributed by atoms with Crippen LogP contribution in [0.1, 0.15) is 5.56 Å². The number of hydrogen-bond acceptors (Lipinski definition) is 3. The van der Waals surface area contributed by atoms with Gasteiger partial charge in [-0.3, -0.25) is 9.36 Å². The third kappa shape index (κ3) is 1.68. The summed E-state index contributed by atoms with van der Waals surface area (Å²) < 4.78 is 2.70. The van der Waals surface area contributed by atoms with E-state index in [0.29, 0.717) is 10.9 Å². The van der Waals surface area contributed by atoms with Crippen LogP contribution < -0.4 is 16.6 Å². The molecule has 1 heterocycles. The Kier molecular flexibility index (Phi) is 2.85. The zero-order chi connectivity index (χ0) is 12.6. The van der Waals surface area contributed by atoms with Crippen molar-refractivity contribution in [1.29, 1.82) is 0 Å². The van der Waals surface area contributed by atoms with Gasteiger partial charge in [0.25, 0.3) is 5.56 Å². The molecule has 0 radical (unpaired) electrons. The molecule has 2 aromatic rings. The molecular weight excluding hydrogens is 218 g/mol. The van der Waals surface area contributed by atoms with Crippen LogP contribution in [0, 0.1) is 6.92 Å². The number of benzene rings is 1. The molecule has 2 rings (SSSR count). The predicted molar refractivity (Wildman–Crippen MR) is 67.2 cm³/mol. The first-order valence-electron chi connectivity index (χ1n) is 5.41. The SMILES string of the molecule is CNCn1c(=O)c2c(C)cccc2n(C)c1=O. The Bertz CT molecular complexity index is 682. The number of aromatic nitrogens is 2. The second kappa shape index (κ2) is 4.18. The van der Waals surface area contributed by atoms with Crippen molar-refractivity contribution in [2.24, 2.45) is 7.05 Å². The first-order valence-corrected chi connectivity index (χ1v) is 5.41. The van der Waals surface area contributed by atoms with Gasteiger partial charge in [-0.25, -0.2) is 9.36 Å². The van der Waals surface area contributed by atoms with Crippen LogP contribution in [0.4, 0.5) is 0 Å². The first-order chi connectivity index (χ1) is 8.07. The lowest BCUT2D eigenvalue weighted by Gasteiger charge is -2.11. The molecule has 0 spiro atoms. The second-order valence-corrected chi connectivity index (χ2v) is 4.06. The van der Waals surface area contributed by atoms with Crippen LogP contribution in [0.3, 0.4) is 0 Å². The average molecular weight is 233 g/mol. The van der Waals surface area contributed by atoms with Crippen LogP contribution in [-0.4, -0.2) is 16.2 Å². The molecule has 0 aliphatic heterocycles. The molecule has 0 amide bonds. The van der Waals surface area contributed by atoms with E-state index in [1.165, 1.54) is 9.13 Å². The topological polar surface area (TPSA) is 56.0 Å². The minimum absolute atomic E-state index is 0.218. The maximum atomic E-state index is 12.2. The van der Waals surface area contributed by atoms with Gasteiger partial charge in [0.2, 0.25) is 0 Å². The normalized spacial score (nSPS) is 11.0. The lowest BCUT2D eigenvalue weighted by atomic mass is 10.1. The zero-order valence-electron chi connectivity index (χ0n) is 10.2. The summed E-state index contributed by atoms with van der Waals surface area (Å²) in [6.07, 6.45) is 0. The molecule has 1 aromatic heterocycles. The number of nitrogens with zero attached hydrogens (tertiary/aromatic N) is 2. The molecule has 1 N–H and O–H groups in total. The van der Waals surface area contributed by atoms with E-state index in [9.17, 15) is 9.59 Å². The van der Waals surface area contributed by atoms with Gasteiger partial charge in [0.1, 0.15) is 0 Å². The zero-order valence-corrected chi connectivity index (χ0v) is 10.2. The summed E-state index contributed by atoms with van der Waals surface area (Å²) in [5.74, 6) is 0. The highest BCUT2D eigenvalue weighted by atomic mass is 16.2. The Morgan fingerprint density at radius 2 is 2.00 bits per heavy atom. The Morgan fingerprint density at radius 3 is 2.65 bits per heavy atom. The summed E-state index contributed by atoms with van der Waals surface area (Å²) in [4.78, 5) is 24.2. The predicted octanol–water partition coefficient (Wildman–Crippen LogP) is 0.186. The molecule has 0 saturated heterocycles. The number of aryl methyl sites for hydroxylation is 2. The van der Waals surface area contributed by atoms with Gasteiger partial charge in [-0.05, 0) is 25.6 Å². The summed E-state index contributed by atoms with van der Waals surface area (Å²) in [6, 6.07) is 5.51. The van der Waals surface area contributed by atoms with E-state index in [2.05, 4.69) is 5.32 Å². The van der Waals surface area contributed by atoms with Gasteiger partial charge in [0.15, 0.2) is 0 Å². The van der Waals surface area contributed by atoms with E-state index >= 15 is 0 Å². The highest BCUT2D eigenvalue weighted by Gasteiger charge is 2.11. The lowest BCUT2D eigenvalue weighted by molar-refractivity contribution is 0.553. The maximum Gasteiger partial charge on any atom is 0.332 e. The fraction of sp³-hybridized carbons (Fsp3) is 0.333. The molecule has 0 aliphatic rings. The number of nitrogens with one attached hydrogen (secondary N) is 1. The van der Waals surface area contributed by atoms with Crippen molar-refractivity contribution in [1.82, 2.24) is 14.5 Å². The Labute approximate surface area is 98.3 Å². The van der Waals surface area contributed by atoms with Crippen LogP contribution in [0.15, 0.2) is 27.8 Å². The van der Waals surface area contributed by atoms with Crippen LogP contribution in [-0.2, 0) is 13.7 Å². The third-order valence-electron chi connectivity index (χ3n) is 2.91. The van der Waals surface area contributed by atoms with Crippen molar-refractivity contribution < 1.29 is 0 Å².